The van der Waals surface area contributed by atoms with E-state index in [4.69, 9.17) is 5.26 Å². The molecule has 0 spiro atoms. The molecule has 1 aliphatic rings. The number of rotatable bonds is 0. The van der Waals surface area contributed by atoms with Crippen molar-refractivity contribution in [3.05, 3.63) is 23.5 Å². The molecule has 3 nitrogen and oxygen atoms in total. The van der Waals surface area contributed by atoms with Crippen LogP contribution in [0.3, 0.4) is 0 Å². The van der Waals surface area contributed by atoms with Gasteiger partial charge in [0.25, 0.3) is 0 Å². The second kappa shape index (κ2) is 5.35. The van der Waals surface area contributed by atoms with Gasteiger partial charge in [-0.05, 0) is 24.5 Å². The summed E-state index contributed by atoms with van der Waals surface area (Å²) < 4.78 is 0. The van der Waals surface area contributed by atoms with Crippen molar-refractivity contribution < 1.29 is 0 Å². The molecular formula is C12H17N3. The van der Waals surface area contributed by atoms with Crippen molar-refractivity contribution in [3.63, 3.8) is 0 Å². The van der Waals surface area contributed by atoms with E-state index in [1.165, 1.54) is 17.7 Å². The molecule has 0 unspecified atom stereocenters. The molecule has 1 aromatic rings. The maximum absolute atomic E-state index is 8.68. The van der Waals surface area contributed by atoms with Gasteiger partial charge in [0.2, 0.25) is 0 Å². The lowest BCUT2D eigenvalue weighted by atomic mass is 10.0. The highest BCUT2D eigenvalue weighted by atomic mass is 15.1. The van der Waals surface area contributed by atoms with Crippen LogP contribution in [0.1, 0.15) is 31.5 Å². The van der Waals surface area contributed by atoms with Crippen LogP contribution in [0.5, 0.6) is 0 Å². The molecule has 0 radical (unpaired) electrons. The van der Waals surface area contributed by atoms with Crippen molar-refractivity contribution in [2.75, 3.05) is 18.5 Å². The first-order valence-corrected chi connectivity index (χ1v) is 5.41. The summed E-state index contributed by atoms with van der Waals surface area (Å²) in [7, 11) is 2.06. The van der Waals surface area contributed by atoms with Crippen LogP contribution in [-0.4, -0.2) is 18.6 Å². The van der Waals surface area contributed by atoms with E-state index in [-0.39, 0.29) is 0 Å². The Balaban J connectivity index is 0.000000531. The van der Waals surface area contributed by atoms with E-state index in [0.717, 1.165) is 13.0 Å². The molecule has 80 valence electrons. The van der Waals surface area contributed by atoms with Gasteiger partial charge in [-0.25, -0.2) is 4.98 Å². The van der Waals surface area contributed by atoms with Crippen molar-refractivity contribution in [1.29, 1.82) is 5.26 Å². The molecule has 0 aromatic carbocycles. The van der Waals surface area contributed by atoms with E-state index >= 15 is 0 Å². The van der Waals surface area contributed by atoms with Gasteiger partial charge < -0.3 is 4.90 Å². The number of nitriles is 1. The molecule has 0 atom stereocenters. The highest BCUT2D eigenvalue weighted by Crippen LogP contribution is 2.24. The monoisotopic (exact) mass is 203 g/mol. The van der Waals surface area contributed by atoms with E-state index in [1.807, 2.05) is 19.9 Å². The zero-order valence-corrected chi connectivity index (χ0v) is 9.62. The molecule has 0 aliphatic carbocycles. The minimum atomic E-state index is 0.522. The normalized spacial score (nSPS) is 13.3. The summed E-state index contributed by atoms with van der Waals surface area (Å²) in [6, 6.07) is 3.96. The predicted molar refractivity (Wildman–Crippen MR) is 61.9 cm³/mol. The molecule has 1 aliphatic heterocycles. The second-order valence-electron chi connectivity index (χ2n) is 3.34. The topological polar surface area (TPSA) is 39.9 Å². The number of hydrogen-bond acceptors (Lipinski definition) is 3. The van der Waals surface area contributed by atoms with Crippen LogP contribution in [0.15, 0.2) is 12.3 Å². The maximum Gasteiger partial charge on any atom is 0.140 e. The lowest BCUT2D eigenvalue weighted by molar-refractivity contribution is 0.740. The molecule has 2 heterocycles. The number of aromatic nitrogens is 1. The largest absolute Gasteiger partial charge is 0.373 e. The Morgan fingerprint density at radius 3 is 2.87 bits per heavy atom. The van der Waals surface area contributed by atoms with E-state index in [9.17, 15) is 0 Å². The zero-order chi connectivity index (χ0) is 11.3. The maximum atomic E-state index is 8.68. The van der Waals surface area contributed by atoms with Crippen LogP contribution in [0.25, 0.3) is 0 Å². The quantitative estimate of drug-likeness (QED) is 0.650. The fourth-order valence-corrected chi connectivity index (χ4v) is 1.72. The van der Waals surface area contributed by atoms with Crippen LogP contribution >= 0.6 is 0 Å². The Morgan fingerprint density at radius 1 is 1.47 bits per heavy atom. The van der Waals surface area contributed by atoms with Gasteiger partial charge in [-0.15, -0.1) is 0 Å². The third-order valence-electron chi connectivity index (χ3n) is 2.43. The molecule has 15 heavy (non-hydrogen) atoms. The third kappa shape index (κ3) is 2.47. The van der Waals surface area contributed by atoms with Gasteiger partial charge in [-0.2, -0.15) is 5.26 Å². The van der Waals surface area contributed by atoms with Gasteiger partial charge in [0, 0.05) is 13.6 Å². The Bertz CT molecular complexity index is 366. The number of anilines is 1. The zero-order valence-electron chi connectivity index (χ0n) is 9.62. The average Bonchev–Trinajstić information content (AvgIpc) is 2.31. The van der Waals surface area contributed by atoms with Crippen LogP contribution in [0.4, 0.5) is 5.69 Å². The van der Waals surface area contributed by atoms with Crippen LogP contribution < -0.4 is 4.90 Å². The van der Waals surface area contributed by atoms with Crippen LogP contribution in [0.2, 0.25) is 0 Å². The number of hydrogen-bond donors (Lipinski definition) is 0. The molecule has 0 fully saturated rings. The number of pyridine rings is 1. The minimum absolute atomic E-state index is 0.522. The highest BCUT2D eigenvalue weighted by Gasteiger charge is 2.13. The summed E-state index contributed by atoms with van der Waals surface area (Å²) in [5.74, 6) is 0. The summed E-state index contributed by atoms with van der Waals surface area (Å²) in [6.07, 6.45) is 4.03. The summed E-state index contributed by atoms with van der Waals surface area (Å²) in [5.41, 5.74) is 2.94. The van der Waals surface area contributed by atoms with Gasteiger partial charge >= 0.3 is 0 Å². The first-order chi connectivity index (χ1) is 7.31. The van der Waals surface area contributed by atoms with Crippen LogP contribution in [-0.2, 0) is 6.42 Å². The lowest BCUT2D eigenvalue weighted by Gasteiger charge is -2.26. The van der Waals surface area contributed by atoms with Gasteiger partial charge in [-0.1, -0.05) is 13.8 Å². The highest BCUT2D eigenvalue weighted by molar-refractivity contribution is 5.54. The molecule has 3 heteroatoms. The van der Waals surface area contributed by atoms with Crippen molar-refractivity contribution in [1.82, 2.24) is 4.98 Å². The minimum Gasteiger partial charge on any atom is -0.373 e. The van der Waals surface area contributed by atoms with E-state index in [1.54, 1.807) is 6.20 Å². The molecule has 0 saturated heterocycles. The first kappa shape index (κ1) is 11.5. The predicted octanol–water partition coefficient (Wildman–Crippen LogP) is 2.36. The summed E-state index contributed by atoms with van der Waals surface area (Å²) in [4.78, 5) is 6.25. The van der Waals surface area contributed by atoms with Crippen molar-refractivity contribution in [3.8, 4) is 6.07 Å². The molecule has 0 amide bonds. The second-order valence-corrected chi connectivity index (χ2v) is 3.34. The van der Waals surface area contributed by atoms with E-state index in [0.29, 0.717) is 5.69 Å². The van der Waals surface area contributed by atoms with Gasteiger partial charge in [0.05, 0.1) is 11.9 Å². The Kier molecular flexibility index (Phi) is 4.11. The smallest absolute Gasteiger partial charge is 0.140 e. The fraction of sp³-hybridized carbons (Fsp3) is 0.500. The summed E-state index contributed by atoms with van der Waals surface area (Å²) >= 11 is 0. The van der Waals surface area contributed by atoms with Gasteiger partial charge in [0.15, 0.2) is 0 Å². The van der Waals surface area contributed by atoms with Gasteiger partial charge in [-0.3, -0.25) is 0 Å². The molecule has 0 N–H and O–H groups in total. The first-order valence-electron chi connectivity index (χ1n) is 5.41. The van der Waals surface area contributed by atoms with Crippen molar-refractivity contribution >= 4 is 5.69 Å². The fourth-order valence-electron chi connectivity index (χ4n) is 1.72. The summed E-state index contributed by atoms with van der Waals surface area (Å²) in [6.45, 7) is 5.08. The van der Waals surface area contributed by atoms with E-state index < -0.39 is 0 Å². The number of aryl methyl sites for hydroxylation is 1. The van der Waals surface area contributed by atoms with Crippen LogP contribution in [0, 0.1) is 11.3 Å². The Hall–Kier alpha value is -1.56. The average molecular weight is 203 g/mol. The number of nitrogens with zero attached hydrogens (tertiary/aromatic N) is 3. The SMILES string of the molecule is CC.CN1CCCc2cc(C#N)ncc21. The Labute approximate surface area is 91.4 Å². The van der Waals surface area contributed by atoms with Crippen molar-refractivity contribution in [2.24, 2.45) is 0 Å². The third-order valence-corrected chi connectivity index (χ3v) is 2.43. The number of fused-ring (bicyclic) bond motifs is 1. The lowest BCUT2D eigenvalue weighted by Crippen LogP contribution is -2.24. The molecule has 1 aromatic heterocycles. The molecule has 2 rings (SSSR count). The van der Waals surface area contributed by atoms with Crippen molar-refractivity contribution in [2.45, 2.75) is 26.7 Å². The summed E-state index contributed by atoms with van der Waals surface area (Å²) in [5, 5.41) is 8.68. The van der Waals surface area contributed by atoms with E-state index in [2.05, 4.69) is 23.0 Å². The Morgan fingerprint density at radius 2 is 2.20 bits per heavy atom. The standard InChI is InChI=1S/C10H11N3.C2H6/c1-13-4-2-3-8-5-9(6-11)12-7-10(8)13;1-2/h5,7H,2-4H2,1H3;1-2H3. The molecule has 0 bridgehead atoms. The van der Waals surface area contributed by atoms with Gasteiger partial charge in [0.1, 0.15) is 11.8 Å². The molecule has 0 saturated carbocycles. The molecular weight excluding hydrogens is 186 g/mol.